The quantitative estimate of drug-likeness (QED) is 0.785. The third kappa shape index (κ3) is 4.26. The van der Waals surface area contributed by atoms with E-state index in [2.05, 4.69) is 11.4 Å². The molecule has 0 bridgehead atoms. The molecule has 0 aliphatic rings. The highest BCUT2D eigenvalue weighted by Crippen LogP contribution is 2.04. The normalized spacial score (nSPS) is 12.6. The first-order valence-corrected chi connectivity index (χ1v) is 5.27. The van der Waals surface area contributed by atoms with E-state index < -0.39 is 0 Å². The highest BCUT2D eigenvalue weighted by molar-refractivity contribution is 5.51. The van der Waals surface area contributed by atoms with Crippen LogP contribution in [0.15, 0.2) is 30.3 Å². The van der Waals surface area contributed by atoms with E-state index >= 15 is 0 Å². The molecule has 2 N–H and O–H groups in total. The maximum absolute atomic E-state index is 8.79. The van der Waals surface area contributed by atoms with Crippen molar-refractivity contribution < 1.29 is 5.11 Å². The summed E-state index contributed by atoms with van der Waals surface area (Å²) >= 11 is 0. The highest BCUT2D eigenvalue weighted by atomic mass is 16.3. The molecule has 1 aromatic carbocycles. The zero-order valence-electron chi connectivity index (χ0n) is 9.35. The smallest absolute Gasteiger partial charge is 0.0991 e. The Morgan fingerprint density at radius 2 is 2.12 bits per heavy atom. The Bertz CT molecular complexity index is 376. The Morgan fingerprint density at radius 1 is 1.44 bits per heavy atom. The summed E-state index contributed by atoms with van der Waals surface area (Å²) in [5, 5.41) is 20.6. The molecule has 1 atom stereocenters. The van der Waals surface area contributed by atoms with Crippen LogP contribution < -0.4 is 5.32 Å². The Balaban J connectivity index is 2.41. The van der Waals surface area contributed by atoms with E-state index in [1.165, 1.54) is 0 Å². The molecule has 84 valence electrons. The molecule has 0 spiro atoms. The summed E-state index contributed by atoms with van der Waals surface area (Å²) in [6.07, 6.45) is 3.98. The molecule has 0 heterocycles. The Hall–Kier alpha value is -1.63. The summed E-state index contributed by atoms with van der Waals surface area (Å²) in [4.78, 5) is 0. The average molecular weight is 216 g/mol. The third-order valence-corrected chi connectivity index (χ3v) is 2.21. The number of aliphatic hydroxyl groups is 1. The molecular formula is C13H16N2O. The molecule has 0 aliphatic carbocycles. The predicted octanol–water partition coefficient (Wildman–Crippen LogP) is 1.54. The van der Waals surface area contributed by atoms with Gasteiger partial charge < -0.3 is 10.4 Å². The van der Waals surface area contributed by atoms with Crippen LogP contribution in [0.25, 0.3) is 6.08 Å². The molecule has 0 saturated heterocycles. The average Bonchev–Trinajstić information content (AvgIpc) is 2.35. The summed E-state index contributed by atoms with van der Waals surface area (Å²) in [6.45, 7) is 2.79. The van der Waals surface area contributed by atoms with Gasteiger partial charge in [-0.3, -0.25) is 0 Å². The summed E-state index contributed by atoms with van der Waals surface area (Å²) in [5.74, 6) is 0. The number of rotatable bonds is 5. The fraction of sp³-hybridized carbons (Fsp3) is 0.308. The summed E-state index contributed by atoms with van der Waals surface area (Å²) in [6, 6.07) is 9.60. The summed E-state index contributed by atoms with van der Waals surface area (Å²) in [5.41, 5.74) is 1.74. The molecule has 0 aromatic heterocycles. The van der Waals surface area contributed by atoms with Gasteiger partial charge in [-0.05, 0) is 24.6 Å². The Morgan fingerprint density at radius 3 is 2.69 bits per heavy atom. The molecular weight excluding hydrogens is 200 g/mol. The predicted molar refractivity (Wildman–Crippen MR) is 64.7 cm³/mol. The summed E-state index contributed by atoms with van der Waals surface area (Å²) < 4.78 is 0. The lowest BCUT2D eigenvalue weighted by molar-refractivity contribution is 0.255. The van der Waals surface area contributed by atoms with Crippen LogP contribution in [-0.4, -0.2) is 24.3 Å². The lowest BCUT2D eigenvalue weighted by Crippen LogP contribution is -2.29. The summed E-state index contributed by atoms with van der Waals surface area (Å²) in [7, 11) is 0. The van der Waals surface area contributed by atoms with Gasteiger partial charge in [0.25, 0.3) is 0 Å². The SMILES string of the molecule is C[C@@H](CO)NC/C=C/c1ccc(C#N)cc1. The third-order valence-electron chi connectivity index (χ3n) is 2.21. The largest absolute Gasteiger partial charge is 0.395 e. The topological polar surface area (TPSA) is 56.0 Å². The zero-order valence-corrected chi connectivity index (χ0v) is 9.35. The fourth-order valence-corrected chi connectivity index (χ4v) is 1.20. The minimum atomic E-state index is 0.116. The lowest BCUT2D eigenvalue weighted by atomic mass is 10.1. The Labute approximate surface area is 96.0 Å². The fourth-order valence-electron chi connectivity index (χ4n) is 1.20. The molecule has 1 aromatic rings. The molecule has 0 aliphatic heterocycles. The number of hydrogen-bond donors (Lipinski definition) is 2. The molecule has 1 rings (SSSR count). The Kier molecular flexibility index (Phi) is 5.27. The molecule has 0 unspecified atom stereocenters. The first-order chi connectivity index (χ1) is 7.76. The van der Waals surface area contributed by atoms with E-state index in [1.54, 1.807) is 12.1 Å². The van der Waals surface area contributed by atoms with Crippen LogP contribution >= 0.6 is 0 Å². The van der Waals surface area contributed by atoms with Crippen LogP contribution in [0, 0.1) is 11.3 Å². The zero-order chi connectivity index (χ0) is 11.8. The van der Waals surface area contributed by atoms with E-state index in [4.69, 9.17) is 10.4 Å². The molecule has 3 nitrogen and oxygen atoms in total. The number of nitrogens with zero attached hydrogens (tertiary/aromatic N) is 1. The monoisotopic (exact) mass is 216 g/mol. The van der Waals surface area contributed by atoms with Crippen LogP contribution in [0.3, 0.4) is 0 Å². The second-order valence-corrected chi connectivity index (χ2v) is 3.63. The van der Waals surface area contributed by atoms with Crippen molar-refractivity contribution in [2.45, 2.75) is 13.0 Å². The number of nitriles is 1. The van der Waals surface area contributed by atoms with Gasteiger partial charge in [-0.1, -0.05) is 24.3 Å². The maximum Gasteiger partial charge on any atom is 0.0991 e. The second kappa shape index (κ2) is 6.78. The van der Waals surface area contributed by atoms with Gasteiger partial charge in [0, 0.05) is 12.6 Å². The van der Waals surface area contributed by atoms with E-state index in [-0.39, 0.29) is 12.6 Å². The molecule has 0 saturated carbocycles. The first-order valence-electron chi connectivity index (χ1n) is 5.27. The lowest BCUT2D eigenvalue weighted by Gasteiger charge is -2.07. The van der Waals surface area contributed by atoms with Crippen LogP contribution in [0.5, 0.6) is 0 Å². The van der Waals surface area contributed by atoms with Crippen molar-refractivity contribution in [1.82, 2.24) is 5.32 Å². The van der Waals surface area contributed by atoms with Crippen molar-refractivity contribution in [2.24, 2.45) is 0 Å². The minimum Gasteiger partial charge on any atom is -0.395 e. The van der Waals surface area contributed by atoms with Crippen LogP contribution in [0.4, 0.5) is 0 Å². The second-order valence-electron chi connectivity index (χ2n) is 3.63. The number of benzene rings is 1. The van der Waals surface area contributed by atoms with Crippen molar-refractivity contribution in [3.63, 3.8) is 0 Å². The van der Waals surface area contributed by atoms with Gasteiger partial charge in [0.05, 0.1) is 18.2 Å². The van der Waals surface area contributed by atoms with Crippen molar-refractivity contribution in [1.29, 1.82) is 5.26 Å². The van der Waals surface area contributed by atoms with Crippen molar-refractivity contribution in [2.75, 3.05) is 13.2 Å². The van der Waals surface area contributed by atoms with Crippen molar-refractivity contribution in [3.05, 3.63) is 41.5 Å². The molecule has 3 heteroatoms. The van der Waals surface area contributed by atoms with Crippen LogP contribution in [0.2, 0.25) is 0 Å². The maximum atomic E-state index is 8.79. The van der Waals surface area contributed by atoms with Gasteiger partial charge in [-0.15, -0.1) is 0 Å². The molecule has 0 fully saturated rings. The van der Waals surface area contributed by atoms with Crippen molar-refractivity contribution >= 4 is 6.08 Å². The number of hydrogen-bond acceptors (Lipinski definition) is 3. The van der Waals surface area contributed by atoms with E-state index in [0.29, 0.717) is 5.56 Å². The molecule has 0 amide bonds. The van der Waals surface area contributed by atoms with Gasteiger partial charge in [-0.25, -0.2) is 0 Å². The first kappa shape index (κ1) is 12.4. The van der Waals surface area contributed by atoms with E-state index in [9.17, 15) is 0 Å². The standard InChI is InChI=1S/C13H16N2O/c1-11(10-16)15-8-2-3-12-4-6-13(9-14)7-5-12/h2-7,11,15-16H,8,10H2,1H3/b3-2+/t11-/m0/s1. The van der Waals surface area contributed by atoms with Gasteiger partial charge in [0.1, 0.15) is 0 Å². The van der Waals surface area contributed by atoms with Gasteiger partial charge in [-0.2, -0.15) is 5.26 Å². The van der Waals surface area contributed by atoms with Gasteiger partial charge in [0.15, 0.2) is 0 Å². The molecule has 16 heavy (non-hydrogen) atoms. The van der Waals surface area contributed by atoms with Gasteiger partial charge in [0.2, 0.25) is 0 Å². The van der Waals surface area contributed by atoms with Crippen LogP contribution in [0.1, 0.15) is 18.1 Å². The van der Waals surface area contributed by atoms with E-state index in [0.717, 1.165) is 12.1 Å². The molecule has 0 radical (unpaired) electrons. The van der Waals surface area contributed by atoms with Crippen LogP contribution in [-0.2, 0) is 0 Å². The number of aliphatic hydroxyl groups excluding tert-OH is 1. The minimum absolute atomic E-state index is 0.116. The van der Waals surface area contributed by atoms with Gasteiger partial charge >= 0.3 is 0 Å². The van der Waals surface area contributed by atoms with Crippen molar-refractivity contribution in [3.8, 4) is 6.07 Å². The van der Waals surface area contributed by atoms with E-state index in [1.807, 2.05) is 31.2 Å². The number of nitrogens with one attached hydrogen (secondary N) is 1. The highest BCUT2D eigenvalue weighted by Gasteiger charge is 1.94.